The van der Waals surface area contributed by atoms with Crippen LogP contribution in [0.25, 0.3) is 0 Å². The molecule has 1 aliphatic rings. The first-order chi connectivity index (χ1) is 8.02. The third kappa shape index (κ3) is 2.39. The summed E-state index contributed by atoms with van der Waals surface area (Å²) in [4.78, 5) is 2.38. The van der Waals surface area contributed by atoms with Crippen molar-refractivity contribution in [3.05, 3.63) is 5.69 Å². The van der Waals surface area contributed by atoms with Gasteiger partial charge >= 0.3 is 0 Å². The number of aromatic nitrogens is 2. The topological polar surface area (TPSA) is 47.1 Å². The van der Waals surface area contributed by atoms with Gasteiger partial charge in [0.1, 0.15) is 5.82 Å². The van der Waals surface area contributed by atoms with Crippen LogP contribution in [0.4, 0.5) is 11.5 Å². The van der Waals surface area contributed by atoms with Crippen LogP contribution >= 0.6 is 11.8 Å². The van der Waals surface area contributed by atoms with E-state index in [1.165, 1.54) is 0 Å². The van der Waals surface area contributed by atoms with Crippen LogP contribution in [0.2, 0.25) is 0 Å². The van der Waals surface area contributed by atoms with E-state index in [1.54, 1.807) is 0 Å². The third-order valence-corrected chi connectivity index (χ3v) is 4.41. The van der Waals surface area contributed by atoms with Crippen molar-refractivity contribution in [3.8, 4) is 0 Å². The normalized spacial score (nSPS) is 25.3. The van der Waals surface area contributed by atoms with Crippen molar-refractivity contribution in [3.63, 3.8) is 0 Å². The molecule has 1 aromatic rings. The van der Waals surface area contributed by atoms with Crippen molar-refractivity contribution in [2.75, 3.05) is 23.7 Å². The Labute approximate surface area is 108 Å². The van der Waals surface area contributed by atoms with E-state index in [4.69, 9.17) is 5.73 Å². The molecule has 96 valence electrons. The summed E-state index contributed by atoms with van der Waals surface area (Å²) in [6, 6.07) is 0. The second kappa shape index (κ2) is 4.80. The Hall–Kier alpha value is -0.840. The summed E-state index contributed by atoms with van der Waals surface area (Å²) in [6.07, 6.45) is 0.896. The van der Waals surface area contributed by atoms with Crippen molar-refractivity contribution in [1.29, 1.82) is 0 Å². The minimum absolute atomic E-state index is 0.651. The second-order valence-electron chi connectivity index (χ2n) is 4.82. The van der Waals surface area contributed by atoms with Gasteiger partial charge in [0, 0.05) is 30.6 Å². The first kappa shape index (κ1) is 12.6. The van der Waals surface area contributed by atoms with E-state index in [9.17, 15) is 0 Å². The summed E-state index contributed by atoms with van der Waals surface area (Å²) in [6.45, 7) is 8.77. The molecule has 0 saturated carbocycles. The van der Waals surface area contributed by atoms with Crippen LogP contribution in [-0.4, -0.2) is 33.4 Å². The summed E-state index contributed by atoms with van der Waals surface area (Å²) >= 11 is 2.05. The maximum atomic E-state index is 6.20. The van der Waals surface area contributed by atoms with Crippen molar-refractivity contribution in [2.45, 2.75) is 37.7 Å². The molecule has 1 aliphatic heterocycles. The minimum atomic E-state index is 0.651. The molecular weight excluding hydrogens is 232 g/mol. The molecule has 2 atom stereocenters. The van der Waals surface area contributed by atoms with Crippen LogP contribution in [0.1, 0.15) is 26.5 Å². The van der Waals surface area contributed by atoms with Crippen LogP contribution in [0, 0.1) is 0 Å². The standard InChI is InChI=1S/C12H22N4S/c1-5-10-11(13)12(15(4)14-10)16-6-8(2)17-9(3)7-16/h8-9H,5-7,13H2,1-4H3. The number of nitrogen functional groups attached to an aromatic ring is 1. The molecule has 17 heavy (non-hydrogen) atoms. The second-order valence-corrected chi connectivity index (χ2v) is 6.71. The van der Waals surface area contributed by atoms with Gasteiger partial charge in [-0.05, 0) is 6.42 Å². The van der Waals surface area contributed by atoms with Gasteiger partial charge in [-0.25, -0.2) is 0 Å². The predicted molar refractivity (Wildman–Crippen MR) is 75.7 cm³/mol. The van der Waals surface area contributed by atoms with Crippen molar-refractivity contribution >= 4 is 23.3 Å². The van der Waals surface area contributed by atoms with E-state index in [2.05, 4.69) is 42.5 Å². The highest BCUT2D eigenvalue weighted by Crippen LogP contribution is 2.32. The Balaban J connectivity index is 2.30. The fourth-order valence-electron chi connectivity index (χ4n) is 2.57. The Morgan fingerprint density at radius 3 is 2.41 bits per heavy atom. The molecule has 1 aromatic heterocycles. The zero-order valence-corrected chi connectivity index (χ0v) is 11.9. The van der Waals surface area contributed by atoms with E-state index >= 15 is 0 Å². The summed E-state index contributed by atoms with van der Waals surface area (Å²) < 4.78 is 1.93. The molecular formula is C12H22N4S. The number of aryl methyl sites for hydroxylation is 2. The van der Waals surface area contributed by atoms with E-state index in [0.29, 0.717) is 10.5 Å². The number of nitrogens with two attached hydrogens (primary N) is 1. The average molecular weight is 254 g/mol. The Morgan fingerprint density at radius 2 is 1.94 bits per heavy atom. The zero-order chi connectivity index (χ0) is 12.6. The number of rotatable bonds is 2. The van der Waals surface area contributed by atoms with Crippen LogP contribution < -0.4 is 10.6 Å². The van der Waals surface area contributed by atoms with E-state index < -0.39 is 0 Å². The zero-order valence-electron chi connectivity index (χ0n) is 11.1. The van der Waals surface area contributed by atoms with Gasteiger partial charge in [0.15, 0.2) is 0 Å². The molecule has 2 N–H and O–H groups in total. The Kier molecular flexibility index (Phi) is 3.56. The number of anilines is 2. The Bertz CT molecular complexity index is 391. The van der Waals surface area contributed by atoms with Gasteiger partial charge < -0.3 is 10.6 Å². The lowest BCUT2D eigenvalue weighted by Crippen LogP contribution is -2.41. The first-order valence-electron chi connectivity index (χ1n) is 6.24. The predicted octanol–water partition coefficient (Wildman–Crippen LogP) is 1.89. The lowest BCUT2D eigenvalue weighted by molar-refractivity contribution is 0.668. The van der Waals surface area contributed by atoms with Gasteiger partial charge in [0.25, 0.3) is 0 Å². The molecule has 2 unspecified atom stereocenters. The summed E-state index contributed by atoms with van der Waals surface area (Å²) in [5.74, 6) is 1.10. The molecule has 0 aromatic carbocycles. The van der Waals surface area contributed by atoms with Crippen LogP contribution in [0.3, 0.4) is 0 Å². The van der Waals surface area contributed by atoms with Gasteiger partial charge in [-0.2, -0.15) is 16.9 Å². The molecule has 0 radical (unpaired) electrons. The van der Waals surface area contributed by atoms with Gasteiger partial charge in [-0.1, -0.05) is 20.8 Å². The largest absolute Gasteiger partial charge is 0.394 e. The molecule has 1 saturated heterocycles. The van der Waals surface area contributed by atoms with Crippen molar-refractivity contribution in [2.24, 2.45) is 7.05 Å². The third-order valence-electron chi connectivity index (χ3n) is 3.18. The first-order valence-corrected chi connectivity index (χ1v) is 7.19. The maximum absolute atomic E-state index is 6.20. The molecule has 2 rings (SSSR count). The van der Waals surface area contributed by atoms with Crippen LogP contribution in [0.15, 0.2) is 0 Å². The molecule has 2 heterocycles. The highest BCUT2D eigenvalue weighted by Gasteiger charge is 2.26. The van der Waals surface area contributed by atoms with E-state index in [-0.39, 0.29) is 0 Å². The smallest absolute Gasteiger partial charge is 0.150 e. The average Bonchev–Trinajstić information content (AvgIpc) is 2.52. The van der Waals surface area contributed by atoms with Gasteiger partial charge in [0.05, 0.1) is 11.4 Å². The summed E-state index contributed by atoms with van der Waals surface area (Å²) in [7, 11) is 1.99. The van der Waals surface area contributed by atoms with Gasteiger partial charge in [0.2, 0.25) is 0 Å². The molecule has 0 bridgehead atoms. The Morgan fingerprint density at radius 1 is 1.35 bits per heavy atom. The number of hydrogen-bond acceptors (Lipinski definition) is 4. The molecule has 5 heteroatoms. The molecule has 0 aliphatic carbocycles. The lowest BCUT2D eigenvalue weighted by atomic mass is 10.2. The fourth-order valence-corrected chi connectivity index (χ4v) is 3.90. The number of hydrogen-bond donors (Lipinski definition) is 1. The monoisotopic (exact) mass is 254 g/mol. The summed E-state index contributed by atoms with van der Waals surface area (Å²) in [5, 5.41) is 5.80. The molecule has 0 amide bonds. The van der Waals surface area contributed by atoms with Crippen molar-refractivity contribution in [1.82, 2.24) is 9.78 Å². The summed E-state index contributed by atoms with van der Waals surface area (Å²) in [5.41, 5.74) is 8.08. The maximum Gasteiger partial charge on any atom is 0.150 e. The SMILES string of the molecule is CCc1nn(C)c(N2CC(C)SC(C)C2)c1N. The number of thioether (sulfide) groups is 1. The highest BCUT2D eigenvalue weighted by molar-refractivity contribution is 8.00. The fraction of sp³-hybridized carbons (Fsp3) is 0.750. The highest BCUT2D eigenvalue weighted by atomic mass is 32.2. The van der Waals surface area contributed by atoms with Crippen molar-refractivity contribution < 1.29 is 0 Å². The molecule has 0 spiro atoms. The van der Waals surface area contributed by atoms with E-state index in [1.807, 2.05) is 11.7 Å². The van der Waals surface area contributed by atoms with Gasteiger partial charge in [-0.15, -0.1) is 0 Å². The van der Waals surface area contributed by atoms with Crippen LogP contribution in [-0.2, 0) is 13.5 Å². The number of nitrogens with zero attached hydrogens (tertiary/aromatic N) is 3. The minimum Gasteiger partial charge on any atom is -0.394 e. The molecule has 1 fully saturated rings. The van der Waals surface area contributed by atoms with Gasteiger partial charge in [-0.3, -0.25) is 4.68 Å². The lowest BCUT2D eigenvalue weighted by Gasteiger charge is -2.36. The van der Waals surface area contributed by atoms with E-state index in [0.717, 1.165) is 36.7 Å². The molecule has 4 nitrogen and oxygen atoms in total. The quantitative estimate of drug-likeness (QED) is 0.875. The van der Waals surface area contributed by atoms with Crippen LogP contribution in [0.5, 0.6) is 0 Å².